The summed E-state index contributed by atoms with van der Waals surface area (Å²) in [5, 5.41) is 16.8. The van der Waals surface area contributed by atoms with Gasteiger partial charge in [-0.2, -0.15) is 0 Å². The lowest BCUT2D eigenvalue weighted by molar-refractivity contribution is -0.136. The number of aliphatic hydroxyl groups is 1. The Balaban J connectivity index is 0.000000520. The molecule has 0 radical (unpaired) electrons. The predicted molar refractivity (Wildman–Crippen MR) is 209 cm³/mol. The van der Waals surface area contributed by atoms with Gasteiger partial charge in [0.15, 0.2) is 0 Å². The van der Waals surface area contributed by atoms with Crippen LogP contribution in [0.15, 0.2) is 85.4 Å². The highest BCUT2D eigenvalue weighted by Gasteiger charge is 2.39. The van der Waals surface area contributed by atoms with Crippen molar-refractivity contribution in [2.24, 2.45) is 11.3 Å². The molecule has 2 aromatic heterocycles. The molecule has 4 aromatic rings. The fourth-order valence-corrected chi connectivity index (χ4v) is 9.35. The number of carbonyl (C=O) groups is 1. The molecule has 3 N–H and O–H groups in total. The molecule has 2 aromatic carbocycles. The van der Waals surface area contributed by atoms with E-state index in [1.165, 1.54) is 33.4 Å². The van der Waals surface area contributed by atoms with Crippen LogP contribution >= 0.6 is 23.2 Å². The van der Waals surface area contributed by atoms with Gasteiger partial charge in [0, 0.05) is 48.5 Å². The minimum atomic E-state index is -1.05. The third kappa shape index (κ3) is 7.69. The van der Waals surface area contributed by atoms with E-state index >= 15 is 0 Å². The molecule has 1 fully saturated rings. The summed E-state index contributed by atoms with van der Waals surface area (Å²) < 4.78 is 0. The van der Waals surface area contributed by atoms with E-state index in [1.807, 2.05) is 59.9 Å². The number of nitrogens with zero attached hydrogens (tertiary/aromatic N) is 2. The number of aromatic amines is 1. The Morgan fingerprint density at radius 2 is 1.71 bits per heavy atom. The Morgan fingerprint density at radius 3 is 2.45 bits per heavy atom. The summed E-state index contributed by atoms with van der Waals surface area (Å²) in [6.45, 7) is 8.00. The van der Waals surface area contributed by atoms with Gasteiger partial charge in [0.25, 0.3) is 0 Å². The molecule has 8 heteroatoms. The molecule has 8 rings (SSSR count). The number of piperidine rings is 1. The number of pyridine rings is 1. The van der Waals surface area contributed by atoms with Crippen LogP contribution < -0.4 is 5.32 Å². The number of hydrogen-bond donors (Lipinski definition) is 3. The van der Waals surface area contributed by atoms with Gasteiger partial charge >= 0.3 is 0 Å². The Kier molecular flexibility index (Phi) is 10.2. The van der Waals surface area contributed by atoms with Crippen molar-refractivity contribution >= 4 is 40.1 Å². The van der Waals surface area contributed by atoms with Crippen molar-refractivity contribution in [3.05, 3.63) is 123 Å². The molecule has 0 bridgehead atoms. The molecule has 0 spiro atoms. The number of nitrogens with one attached hydrogen (secondary N) is 2. The second-order valence-corrected chi connectivity index (χ2v) is 16.6. The standard InChI is InChI=1S/C37H41Cl2N3O2.C6H7N/c1-36(2,3)21-22-17-23-7-8-26-25-5-4-6-31(38)27(25)9-10-28(26)34(23)24(18-22)19-33(43)42-15-12-37(44,13-16-42)30-20-32(39)41-35-29(30)11-14-40-35;1-2-4-6-7-5-3-1/h4-8,11,14,20,22,24,44H,9-10,12-13,15-19,21H2,1-3H3,(H,40,41);1-7H. The van der Waals surface area contributed by atoms with Crippen LogP contribution in [0.2, 0.25) is 10.2 Å². The van der Waals surface area contributed by atoms with E-state index in [2.05, 4.69) is 60.3 Å². The lowest BCUT2D eigenvalue weighted by Gasteiger charge is -2.41. The molecule has 266 valence electrons. The number of benzene rings is 2. The van der Waals surface area contributed by atoms with Gasteiger partial charge in [-0.25, -0.2) is 4.98 Å². The summed E-state index contributed by atoms with van der Waals surface area (Å²) >= 11 is 12.9. The zero-order valence-electron chi connectivity index (χ0n) is 29.8. The minimum Gasteiger partial charge on any atom is -0.385 e. The predicted octanol–water partition coefficient (Wildman–Crippen LogP) is 9.79. The number of amides is 1. The Labute approximate surface area is 311 Å². The quantitative estimate of drug-likeness (QED) is 0.183. The minimum absolute atomic E-state index is 0.188. The first kappa shape index (κ1) is 35.6. The fraction of sp³-hybridized carbons (Fsp3) is 0.395. The van der Waals surface area contributed by atoms with E-state index in [0.717, 1.165) is 48.1 Å². The maximum Gasteiger partial charge on any atom is 0.223 e. The first-order valence-electron chi connectivity index (χ1n) is 18.3. The van der Waals surface area contributed by atoms with Crippen molar-refractivity contribution in [2.75, 3.05) is 13.1 Å². The van der Waals surface area contributed by atoms with Crippen LogP contribution in [-0.4, -0.2) is 39.0 Å². The normalized spacial score (nSPS) is 20.4. The number of likely N-dealkylation sites (tertiary alicyclic amines) is 1. The molecule has 6 nitrogen and oxygen atoms in total. The third-order valence-corrected chi connectivity index (χ3v) is 11.5. The molecule has 2 aliphatic carbocycles. The van der Waals surface area contributed by atoms with Gasteiger partial charge in [-0.05, 0) is 131 Å². The Morgan fingerprint density at radius 1 is 0.980 bits per heavy atom. The van der Waals surface area contributed by atoms with Gasteiger partial charge in [-0.1, -0.05) is 80.4 Å². The number of fused-ring (bicyclic) bond motifs is 6. The number of aromatic nitrogens is 2. The smallest absolute Gasteiger partial charge is 0.223 e. The van der Waals surface area contributed by atoms with Crippen molar-refractivity contribution in [3.8, 4) is 11.1 Å². The van der Waals surface area contributed by atoms with E-state index in [4.69, 9.17) is 23.2 Å². The highest BCUT2D eigenvalue weighted by atomic mass is 35.5. The van der Waals surface area contributed by atoms with Crippen LogP contribution in [0.3, 0.4) is 0 Å². The third-order valence-electron chi connectivity index (χ3n) is 11.0. The number of allylic oxidation sites excluding steroid dienone is 4. The van der Waals surface area contributed by atoms with E-state index in [0.29, 0.717) is 49.1 Å². The molecule has 1 saturated heterocycles. The Hall–Kier alpha value is -3.84. The van der Waals surface area contributed by atoms with Gasteiger partial charge in [0.2, 0.25) is 5.91 Å². The van der Waals surface area contributed by atoms with Crippen molar-refractivity contribution in [1.29, 1.82) is 0 Å². The summed E-state index contributed by atoms with van der Waals surface area (Å²) in [5.41, 5.74) is 8.68. The monoisotopic (exact) mass is 722 g/mol. The molecule has 2 aliphatic heterocycles. The maximum atomic E-state index is 14.0. The summed E-state index contributed by atoms with van der Waals surface area (Å²) in [6, 6.07) is 14.6. The van der Waals surface area contributed by atoms with Crippen molar-refractivity contribution in [3.63, 3.8) is 0 Å². The lowest BCUT2D eigenvalue weighted by Crippen LogP contribution is -2.45. The molecule has 4 aliphatic rings. The zero-order valence-corrected chi connectivity index (χ0v) is 31.3. The average Bonchev–Trinajstić information content (AvgIpc) is 3.35. The highest BCUT2D eigenvalue weighted by Crippen LogP contribution is 2.48. The molecular weight excluding hydrogens is 675 g/mol. The van der Waals surface area contributed by atoms with Gasteiger partial charge < -0.3 is 20.3 Å². The number of rotatable bonds is 4. The summed E-state index contributed by atoms with van der Waals surface area (Å²) in [4.78, 5) is 23.5. The summed E-state index contributed by atoms with van der Waals surface area (Å²) in [7, 11) is 0. The molecule has 1 amide bonds. The first-order chi connectivity index (χ1) is 24.5. The van der Waals surface area contributed by atoms with Crippen LogP contribution in [0.5, 0.6) is 0 Å². The molecule has 0 saturated carbocycles. The van der Waals surface area contributed by atoms with Crippen molar-refractivity contribution in [1.82, 2.24) is 20.2 Å². The first-order valence-corrected chi connectivity index (χ1v) is 19.1. The summed E-state index contributed by atoms with van der Waals surface area (Å²) in [6.07, 6.45) is 20.0. The zero-order chi connectivity index (χ0) is 35.8. The number of carbonyl (C=O) groups excluding carboxylic acids is 1. The van der Waals surface area contributed by atoms with Crippen LogP contribution in [0.4, 0.5) is 0 Å². The van der Waals surface area contributed by atoms with Gasteiger partial charge in [0.05, 0.1) is 5.60 Å². The second-order valence-electron chi connectivity index (χ2n) is 15.8. The van der Waals surface area contributed by atoms with E-state index in [9.17, 15) is 9.90 Å². The van der Waals surface area contributed by atoms with Gasteiger partial charge in [0.1, 0.15) is 10.8 Å². The maximum absolute atomic E-state index is 14.0. The van der Waals surface area contributed by atoms with Gasteiger partial charge in [-0.15, -0.1) is 0 Å². The number of halogens is 2. The lowest BCUT2D eigenvalue weighted by atomic mass is 9.67. The van der Waals surface area contributed by atoms with Crippen molar-refractivity contribution < 1.29 is 9.90 Å². The van der Waals surface area contributed by atoms with Crippen molar-refractivity contribution in [2.45, 2.75) is 83.7 Å². The molecule has 51 heavy (non-hydrogen) atoms. The molecule has 4 heterocycles. The average molecular weight is 724 g/mol. The highest BCUT2D eigenvalue weighted by molar-refractivity contribution is 6.31. The number of H-pyrrole nitrogens is 1. The van der Waals surface area contributed by atoms with Crippen LogP contribution in [-0.2, 0) is 29.7 Å². The van der Waals surface area contributed by atoms with E-state index in [-0.39, 0.29) is 17.2 Å². The van der Waals surface area contributed by atoms with Crippen LogP contribution in [0.1, 0.15) is 86.6 Å². The molecular formula is C43H48Cl2N4O2. The molecule has 2 unspecified atom stereocenters. The number of hydrogen-bond acceptors (Lipinski definition) is 4. The van der Waals surface area contributed by atoms with Crippen LogP contribution in [0.25, 0.3) is 22.2 Å². The fourth-order valence-electron chi connectivity index (χ4n) is 8.89. The summed E-state index contributed by atoms with van der Waals surface area (Å²) in [5.74, 6) is 0.930. The Bertz CT molecular complexity index is 2000. The topological polar surface area (TPSA) is 81.2 Å². The van der Waals surface area contributed by atoms with Gasteiger partial charge in [-0.3, -0.25) is 4.79 Å². The molecule has 2 atom stereocenters. The van der Waals surface area contributed by atoms with E-state index in [1.54, 1.807) is 6.07 Å². The second kappa shape index (κ2) is 14.7. The SMILES string of the molecule is C1=CC=CNC=C1.CC(C)(C)CC1Cc2ccc3c(c2C(CC(=O)N2CCC(O)(c4cc(Cl)nc5[nH]ccc45)CC2)C1)CCc1c(Cl)cccc1-3. The van der Waals surface area contributed by atoms with E-state index < -0.39 is 5.60 Å². The van der Waals surface area contributed by atoms with Crippen LogP contribution in [0, 0.1) is 11.3 Å². The largest absolute Gasteiger partial charge is 0.385 e.